The van der Waals surface area contributed by atoms with Gasteiger partial charge in [0.25, 0.3) is 0 Å². The summed E-state index contributed by atoms with van der Waals surface area (Å²) in [5.74, 6) is 0.0658. The first-order valence-corrected chi connectivity index (χ1v) is 6.21. The number of rotatable bonds is 5. The lowest BCUT2D eigenvalue weighted by Crippen LogP contribution is -2.10. The van der Waals surface area contributed by atoms with Crippen molar-refractivity contribution in [2.75, 3.05) is 7.11 Å². The van der Waals surface area contributed by atoms with Crippen molar-refractivity contribution < 1.29 is 23.5 Å². The number of primary amides is 1. The summed E-state index contributed by atoms with van der Waals surface area (Å²) in [6.45, 7) is 1.87. The third kappa shape index (κ3) is 3.42. The van der Waals surface area contributed by atoms with E-state index in [1.165, 1.54) is 7.11 Å². The normalized spacial score (nSPS) is 10.2. The van der Waals surface area contributed by atoms with Crippen LogP contribution in [0.5, 0.6) is 5.75 Å². The maximum absolute atomic E-state index is 11.4. The molecule has 6 heteroatoms. The number of nitrogens with two attached hydrogens (primary N) is 1. The van der Waals surface area contributed by atoms with Crippen LogP contribution in [0.2, 0.25) is 0 Å². The first-order chi connectivity index (χ1) is 10.0. The molecule has 2 aromatic rings. The Labute approximate surface area is 121 Å². The van der Waals surface area contributed by atoms with Crippen LogP contribution in [0.15, 0.2) is 34.7 Å². The maximum Gasteiger partial charge on any atom is 0.374 e. The largest absolute Gasteiger partial charge is 0.486 e. The molecule has 0 aliphatic heterocycles. The minimum atomic E-state index is -0.533. The first kappa shape index (κ1) is 14.6. The minimum absolute atomic E-state index is 0.125. The molecule has 2 rings (SSSR count). The topological polar surface area (TPSA) is 91.8 Å². The number of benzene rings is 1. The SMILES string of the molecule is COC(=O)c1oc(COc2cccc(C(N)=O)c2)cc1C. The molecule has 110 valence electrons. The predicted molar refractivity (Wildman–Crippen MR) is 74.1 cm³/mol. The van der Waals surface area contributed by atoms with Crippen molar-refractivity contribution in [3.8, 4) is 5.75 Å². The van der Waals surface area contributed by atoms with Gasteiger partial charge in [0.05, 0.1) is 7.11 Å². The molecule has 0 saturated carbocycles. The van der Waals surface area contributed by atoms with Crippen LogP contribution in [0.1, 0.15) is 32.2 Å². The highest BCUT2D eigenvalue weighted by atomic mass is 16.5. The van der Waals surface area contributed by atoms with E-state index >= 15 is 0 Å². The van der Waals surface area contributed by atoms with Crippen LogP contribution in [-0.2, 0) is 11.3 Å². The van der Waals surface area contributed by atoms with Crippen molar-refractivity contribution in [2.45, 2.75) is 13.5 Å². The first-order valence-electron chi connectivity index (χ1n) is 6.21. The second-order valence-electron chi connectivity index (χ2n) is 4.40. The van der Waals surface area contributed by atoms with Gasteiger partial charge < -0.3 is 19.6 Å². The summed E-state index contributed by atoms with van der Waals surface area (Å²) in [7, 11) is 1.29. The van der Waals surface area contributed by atoms with Gasteiger partial charge in [-0.25, -0.2) is 4.79 Å². The van der Waals surface area contributed by atoms with Gasteiger partial charge in [-0.1, -0.05) is 6.07 Å². The Morgan fingerprint density at radius 3 is 2.71 bits per heavy atom. The zero-order valence-corrected chi connectivity index (χ0v) is 11.7. The van der Waals surface area contributed by atoms with Crippen LogP contribution in [0.4, 0.5) is 0 Å². The molecule has 1 aromatic heterocycles. The molecule has 0 saturated heterocycles. The smallest absolute Gasteiger partial charge is 0.374 e. The monoisotopic (exact) mass is 289 g/mol. The van der Waals surface area contributed by atoms with E-state index in [0.717, 1.165) is 0 Å². The fourth-order valence-electron chi connectivity index (χ4n) is 1.81. The number of esters is 1. The lowest BCUT2D eigenvalue weighted by atomic mass is 10.2. The van der Waals surface area contributed by atoms with Gasteiger partial charge in [0, 0.05) is 11.1 Å². The number of amides is 1. The van der Waals surface area contributed by atoms with Gasteiger partial charge in [-0.2, -0.15) is 0 Å². The summed E-state index contributed by atoms with van der Waals surface area (Å²) in [5.41, 5.74) is 6.23. The molecule has 1 amide bonds. The Morgan fingerprint density at radius 1 is 1.29 bits per heavy atom. The van der Waals surface area contributed by atoms with Crippen molar-refractivity contribution in [3.63, 3.8) is 0 Å². The molecule has 0 radical (unpaired) electrons. The quantitative estimate of drug-likeness (QED) is 0.850. The molecule has 0 unspecified atom stereocenters. The summed E-state index contributed by atoms with van der Waals surface area (Å²) in [4.78, 5) is 22.5. The second kappa shape index (κ2) is 6.13. The van der Waals surface area contributed by atoms with E-state index in [4.69, 9.17) is 14.9 Å². The van der Waals surface area contributed by atoms with E-state index in [9.17, 15) is 9.59 Å². The molecule has 6 nitrogen and oxygen atoms in total. The number of aryl methyl sites for hydroxylation is 1. The van der Waals surface area contributed by atoms with Crippen LogP contribution < -0.4 is 10.5 Å². The Balaban J connectivity index is 2.08. The van der Waals surface area contributed by atoms with Crippen molar-refractivity contribution in [1.29, 1.82) is 0 Å². The van der Waals surface area contributed by atoms with Crippen LogP contribution >= 0.6 is 0 Å². The summed E-state index contributed by atoms with van der Waals surface area (Å²) in [6.07, 6.45) is 0. The summed E-state index contributed by atoms with van der Waals surface area (Å²) in [6, 6.07) is 8.21. The van der Waals surface area contributed by atoms with Crippen molar-refractivity contribution in [2.24, 2.45) is 5.73 Å². The highest BCUT2D eigenvalue weighted by Gasteiger charge is 2.16. The molecule has 0 aliphatic rings. The molecule has 0 bridgehead atoms. The zero-order chi connectivity index (χ0) is 15.4. The van der Waals surface area contributed by atoms with Gasteiger partial charge in [0.1, 0.15) is 18.1 Å². The lowest BCUT2D eigenvalue weighted by Gasteiger charge is -2.05. The molecule has 21 heavy (non-hydrogen) atoms. The van der Waals surface area contributed by atoms with Gasteiger partial charge in [-0.3, -0.25) is 4.79 Å². The van der Waals surface area contributed by atoms with E-state index in [2.05, 4.69) is 4.74 Å². The Morgan fingerprint density at radius 2 is 2.05 bits per heavy atom. The average Bonchev–Trinajstić information content (AvgIpc) is 2.85. The number of carbonyl (C=O) groups excluding carboxylic acids is 2. The Hall–Kier alpha value is -2.76. The summed E-state index contributed by atoms with van der Waals surface area (Å²) < 4.78 is 15.5. The van der Waals surface area contributed by atoms with E-state index < -0.39 is 11.9 Å². The maximum atomic E-state index is 11.4. The molecule has 0 spiro atoms. The van der Waals surface area contributed by atoms with Crippen molar-refractivity contribution in [3.05, 3.63) is 53.0 Å². The Kier molecular flexibility index (Phi) is 4.27. The fourth-order valence-corrected chi connectivity index (χ4v) is 1.81. The highest BCUT2D eigenvalue weighted by molar-refractivity contribution is 5.93. The number of furan rings is 1. The molecular weight excluding hydrogens is 274 g/mol. The van der Waals surface area contributed by atoms with Crippen LogP contribution in [0, 0.1) is 6.92 Å². The summed E-state index contributed by atoms with van der Waals surface area (Å²) in [5, 5.41) is 0. The van der Waals surface area contributed by atoms with E-state index in [0.29, 0.717) is 22.6 Å². The predicted octanol–water partition coefficient (Wildman–Crippen LogP) is 2.05. The summed E-state index contributed by atoms with van der Waals surface area (Å²) >= 11 is 0. The number of hydrogen-bond acceptors (Lipinski definition) is 5. The van der Waals surface area contributed by atoms with Gasteiger partial charge in [-0.15, -0.1) is 0 Å². The molecule has 0 fully saturated rings. The molecule has 2 N–H and O–H groups in total. The minimum Gasteiger partial charge on any atom is -0.486 e. The zero-order valence-electron chi connectivity index (χ0n) is 11.7. The van der Waals surface area contributed by atoms with Gasteiger partial charge in [0.15, 0.2) is 0 Å². The highest BCUT2D eigenvalue weighted by Crippen LogP contribution is 2.19. The van der Waals surface area contributed by atoms with Gasteiger partial charge in [-0.05, 0) is 31.2 Å². The van der Waals surface area contributed by atoms with E-state index in [1.54, 1.807) is 37.3 Å². The van der Waals surface area contributed by atoms with Gasteiger partial charge >= 0.3 is 5.97 Å². The molecule has 0 atom stereocenters. The van der Waals surface area contributed by atoms with Crippen molar-refractivity contribution >= 4 is 11.9 Å². The number of hydrogen-bond donors (Lipinski definition) is 1. The van der Waals surface area contributed by atoms with Crippen LogP contribution in [0.3, 0.4) is 0 Å². The molecule has 0 aliphatic carbocycles. The van der Waals surface area contributed by atoms with Crippen molar-refractivity contribution in [1.82, 2.24) is 0 Å². The Bertz CT molecular complexity index is 674. The fraction of sp³-hybridized carbons (Fsp3) is 0.200. The second-order valence-corrected chi connectivity index (χ2v) is 4.40. The van der Waals surface area contributed by atoms with E-state index in [-0.39, 0.29) is 12.4 Å². The van der Waals surface area contributed by atoms with Crippen LogP contribution in [0.25, 0.3) is 0 Å². The van der Waals surface area contributed by atoms with Gasteiger partial charge in [0.2, 0.25) is 11.7 Å². The molecule has 1 heterocycles. The average molecular weight is 289 g/mol. The van der Waals surface area contributed by atoms with Crippen LogP contribution in [-0.4, -0.2) is 19.0 Å². The third-order valence-electron chi connectivity index (χ3n) is 2.84. The number of methoxy groups -OCH3 is 1. The standard InChI is InChI=1S/C15H15NO5/c1-9-6-12(21-13(9)15(18)19-2)8-20-11-5-3-4-10(7-11)14(16)17/h3-7H,8H2,1-2H3,(H2,16,17). The lowest BCUT2D eigenvalue weighted by molar-refractivity contribution is 0.0559. The third-order valence-corrected chi connectivity index (χ3v) is 2.84. The molecule has 1 aromatic carbocycles. The number of ether oxygens (including phenoxy) is 2. The van der Waals surface area contributed by atoms with E-state index in [1.807, 2.05) is 0 Å². The number of carbonyl (C=O) groups is 2. The molecular formula is C15H15NO5.